The molecule has 1 aliphatic carbocycles. The molecule has 2 atom stereocenters. The van der Waals surface area contributed by atoms with E-state index in [1.807, 2.05) is 20.8 Å². The van der Waals surface area contributed by atoms with E-state index in [9.17, 15) is 9.59 Å². The van der Waals surface area contributed by atoms with Gasteiger partial charge in [0.05, 0.1) is 12.2 Å². The zero-order valence-corrected chi connectivity index (χ0v) is 14.5. The minimum atomic E-state index is -0.548. The van der Waals surface area contributed by atoms with Gasteiger partial charge in [-0.05, 0) is 33.6 Å². The Hall–Kier alpha value is -2.18. The van der Waals surface area contributed by atoms with Gasteiger partial charge in [-0.2, -0.15) is 0 Å². The van der Waals surface area contributed by atoms with E-state index in [0.717, 1.165) is 32.1 Å². The van der Waals surface area contributed by atoms with Gasteiger partial charge in [-0.25, -0.2) is 9.78 Å². The third-order valence-electron chi connectivity index (χ3n) is 3.83. The highest BCUT2D eigenvalue weighted by atomic mass is 16.6. The molecule has 7 nitrogen and oxygen atoms in total. The van der Waals surface area contributed by atoms with E-state index in [2.05, 4.69) is 20.6 Å². The molecule has 1 aromatic heterocycles. The van der Waals surface area contributed by atoms with Gasteiger partial charge < -0.3 is 15.4 Å². The van der Waals surface area contributed by atoms with Crippen molar-refractivity contribution in [3.63, 3.8) is 0 Å². The SMILES string of the molecule is CC(C)(C)OC(=O)N[C@@H]1CCCCC[C@H]1NC(=O)c1cnccn1. The molecule has 2 N–H and O–H groups in total. The summed E-state index contributed by atoms with van der Waals surface area (Å²) in [5.74, 6) is -0.272. The fourth-order valence-electron chi connectivity index (χ4n) is 2.77. The summed E-state index contributed by atoms with van der Waals surface area (Å²) in [5, 5.41) is 5.89. The monoisotopic (exact) mass is 334 g/mol. The van der Waals surface area contributed by atoms with Crippen molar-refractivity contribution >= 4 is 12.0 Å². The Balaban J connectivity index is 2.01. The number of hydrogen-bond donors (Lipinski definition) is 2. The first-order valence-corrected chi connectivity index (χ1v) is 8.41. The first-order valence-electron chi connectivity index (χ1n) is 8.41. The van der Waals surface area contributed by atoms with Crippen molar-refractivity contribution in [1.29, 1.82) is 0 Å². The summed E-state index contributed by atoms with van der Waals surface area (Å²) in [6.45, 7) is 5.48. The fourth-order valence-corrected chi connectivity index (χ4v) is 2.77. The van der Waals surface area contributed by atoms with Gasteiger partial charge in [0.25, 0.3) is 5.91 Å². The Morgan fingerprint density at radius 1 is 1.08 bits per heavy atom. The van der Waals surface area contributed by atoms with Crippen LogP contribution in [0.25, 0.3) is 0 Å². The second-order valence-electron chi connectivity index (χ2n) is 7.06. The van der Waals surface area contributed by atoms with Crippen LogP contribution in [0.4, 0.5) is 4.79 Å². The van der Waals surface area contributed by atoms with Gasteiger partial charge in [-0.3, -0.25) is 9.78 Å². The largest absolute Gasteiger partial charge is 0.444 e. The average molecular weight is 334 g/mol. The van der Waals surface area contributed by atoms with E-state index < -0.39 is 11.7 Å². The molecular formula is C17H26N4O3. The predicted octanol–water partition coefficient (Wildman–Crippen LogP) is 2.43. The summed E-state index contributed by atoms with van der Waals surface area (Å²) < 4.78 is 5.33. The minimum Gasteiger partial charge on any atom is -0.444 e. The standard InChI is InChI=1S/C17H26N4O3/c1-17(2,3)24-16(23)21-13-8-6-4-5-7-12(13)20-15(22)14-11-18-9-10-19-14/h9-13H,4-8H2,1-3H3,(H,20,22)(H,21,23)/t12-,13-/m1/s1. The lowest BCUT2D eigenvalue weighted by atomic mass is 10.0. The van der Waals surface area contributed by atoms with Crippen molar-refractivity contribution < 1.29 is 14.3 Å². The van der Waals surface area contributed by atoms with Gasteiger partial charge in [0.15, 0.2) is 0 Å². The van der Waals surface area contributed by atoms with Crippen LogP contribution in [0.15, 0.2) is 18.6 Å². The van der Waals surface area contributed by atoms with Crippen LogP contribution in [0.1, 0.15) is 63.4 Å². The maximum absolute atomic E-state index is 12.3. The Bertz CT molecular complexity index is 557. The lowest BCUT2D eigenvalue weighted by Gasteiger charge is -2.28. The van der Waals surface area contributed by atoms with E-state index in [1.165, 1.54) is 18.6 Å². The van der Waals surface area contributed by atoms with Crippen LogP contribution in [0.5, 0.6) is 0 Å². The van der Waals surface area contributed by atoms with Crippen molar-refractivity contribution in [2.45, 2.75) is 70.6 Å². The number of nitrogens with zero attached hydrogens (tertiary/aromatic N) is 2. The number of amides is 2. The van der Waals surface area contributed by atoms with E-state index in [0.29, 0.717) is 0 Å². The number of carbonyl (C=O) groups excluding carboxylic acids is 2. The summed E-state index contributed by atoms with van der Waals surface area (Å²) in [5.41, 5.74) is -0.273. The number of hydrogen-bond acceptors (Lipinski definition) is 5. The molecule has 1 heterocycles. The number of rotatable bonds is 3. The number of aromatic nitrogens is 2. The van der Waals surface area contributed by atoms with Crippen LogP contribution in [0.2, 0.25) is 0 Å². The molecular weight excluding hydrogens is 308 g/mol. The molecule has 1 fully saturated rings. The van der Waals surface area contributed by atoms with E-state index in [1.54, 1.807) is 0 Å². The summed E-state index contributed by atoms with van der Waals surface area (Å²) in [6.07, 6.45) is 8.72. The highest BCUT2D eigenvalue weighted by Gasteiger charge is 2.28. The van der Waals surface area contributed by atoms with Crippen LogP contribution in [0, 0.1) is 0 Å². The quantitative estimate of drug-likeness (QED) is 0.828. The Labute approximate surface area is 142 Å². The van der Waals surface area contributed by atoms with Crippen molar-refractivity contribution in [1.82, 2.24) is 20.6 Å². The maximum atomic E-state index is 12.3. The number of ether oxygens (including phenoxy) is 1. The zero-order chi connectivity index (χ0) is 17.6. The molecule has 132 valence electrons. The molecule has 24 heavy (non-hydrogen) atoms. The van der Waals surface area contributed by atoms with E-state index in [4.69, 9.17) is 4.74 Å². The van der Waals surface area contributed by atoms with Gasteiger partial charge in [0, 0.05) is 18.4 Å². The fraction of sp³-hybridized carbons (Fsp3) is 0.647. The molecule has 2 rings (SSSR count). The van der Waals surface area contributed by atoms with Gasteiger partial charge in [0.2, 0.25) is 0 Å². The smallest absolute Gasteiger partial charge is 0.407 e. The minimum absolute atomic E-state index is 0.144. The van der Waals surface area contributed by atoms with Gasteiger partial charge in [-0.15, -0.1) is 0 Å². The Kier molecular flexibility index (Phi) is 6.11. The lowest BCUT2D eigenvalue weighted by molar-refractivity contribution is 0.0485. The van der Waals surface area contributed by atoms with Crippen molar-refractivity contribution in [3.8, 4) is 0 Å². The summed E-state index contributed by atoms with van der Waals surface area (Å²) in [7, 11) is 0. The molecule has 7 heteroatoms. The molecule has 0 radical (unpaired) electrons. The molecule has 1 aromatic rings. The van der Waals surface area contributed by atoms with Gasteiger partial charge in [-0.1, -0.05) is 19.3 Å². The van der Waals surface area contributed by atoms with Crippen LogP contribution in [-0.2, 0) is 4.74 Å². The molecule has 0 spiro atoms. The second-order valence-corrected chi connectivity index (χ2v) is 7.06. The maximum Gasteiger partial charge on any atom is 0.407 e. The van der Waals surface area contributed by atoms with Crippen LogP contribution < -0.4 is 10.6 Å². The number of nitrogens with one attached hydrogen (secondary N) is 2. The highest BCUT2D eigenvalue weighted by Crippen LogP contribution is 2.19. The van der Waals surface area contributed by atoms with Crippen LogP contribution >= 0.6 is 0 Å². The van der Waals surface area contributed by atoms with Crippen LogP contribution in [0.3, 0.4) is 0 Å². The van der Waals surface area contributed by atoms with E-state index >= 15 is 0 Å². The van der Waals surface area contributed by atoms with Crippen molar-refractivity contribution in [3.05, 3.63) is 24.3 Å². The molecule has 0 unspecified atom stereocenters. The van der Waals surface area contributed by atoms with E-state index in [-0.39, 0.29) is 23.7 Å². The highest BCUT2D eigenvalue weighted by molar-refractivity contribution is 5.92. The molecule has 0 bridgehead atoms. The number of alkyl carbamates (subject to hydrolysis) is 1. The van der Waals surface area contributed by atoms with Crippen molar-refractivity contribution in [2.24, 2.45) is 0 Å². The molecule has 2 amide bonds. The van der Waals surface area contributed by atoms with Gasteiger partial charge in [0.1, 0.15) is 11.3 Å². The molecule has 1 saturated carbocycles. The van der Waals surface area contributed by atoms with Crippen molar-refractivity contribution in [2.75, 3.05) is 0 Å². The van der Waals surface area contributed by atoms with Crippen LogP contribution in [-0.4, -0.2) is 39.7 Å². The second kappa shape index (κ2) is 8.08. The third-order valence-corrected chi connectivity index (χ3v) is 3.83. The number of carbonyl (C=O) groups is 2. The summed E-state index contributed by atoms with van der Waals surface area (Å²) in [6, 6.07) is -0.294. The zero-order valence-electron chi connectivity index (χ0n) is 14.5. The predicted molar refractivity (Wildman–Crippen MR) is 89.5 cm³/mol. The Morgan fingerprint density at radius 2 is 1.75 bits per heavy atom. The van der Waals surface area contributed by atoms with Gasteiger partial charge >= 0.3 is 6.09 Å². The lowest BCUT2D eigenvalue weighted by Crippen LogP contribution is -2.52. The molecule has 0 aromatic carbocycles. The summed E-state index contributed by atoms with van der Waals surface area (Å²) in [4.78, 5) is 32.3. The first-order chi connectivity index (χ1) is 11.3. The molecule has 1 aliphatic rings. The first kappa shape index (κ1) is 18.2. The molecule has 0 aliphatic heterocycles. The summed E-state index contributed by atoms with van der Waals surface area (Å²) >= 11 is 0. The Morgan fingerprint density at radius 3 is 2.33 bits per heavy atom. The average Bonchev–Trinajstić information content (AvgIpc) is 2.72. The third kappa shape index (κ3) is 5.79. The topological polar surface area (TPSA) is 93.2 Å². The normalized spacial score (nSPS) is 21.5. The molecule has 0 saturated heterocycles.